The van der Waals surface area contributed by atoms with Gasteiger partial charge in [-0.1, -0.05) is 84.9 Å². The van der Waals surface area contributed by atoms with Crippen molar-refractivity contribution in [3.05, 3.63) is 131 Å². The molecule has 2 atom stereocenters. The second-order valence-electron chi connectivity index (χ2n) is 8.64. The summed E-state index contributed by atoms with van der Waals surface area (Å²) in [4.78, 5) is 41.9. The molecule has 0 aliphatic carbocycles. The molecule has 0 saturated carbocycles. The molecule has 1 heterocycles. The molecule has 5 nitrogen and oxygen atoms in total. The normalized spacial score (nSPS) is 16.7. The van der Waals surface area contributed by atoms with Gasteiger partial charge in [-0.2, -0.15) is 0 Å². The number of Topliss-reactive ketones (excluding diaryl/α,β-unsaturated/α-hetero) is 3. The maximum atomic E-state index is 14.0. The molecule has 5 rings (SSSR count). The second-order valence-corrected chi connectivity index (χ2v) is 8.64. The molecule has 0 saturated heterocycles. The van der Waals surface area contributed by atoms with Crippen LogP contribution >= 0.6 is 0 Å². The zero-order valence-corrected chi connectivity index (χ0v) is 19.7. The quantitative estimate of drug-likeness (QED) is 0.241. The molecule has 4 aromatic carbocycles. The van der Waals surface area contributed by atoms with E-state index in [1.165, 1.54) is 0 Å². The fourth-order valence-corrected chi connectivity index (χ4v) is 4.70. The molecule has 0 aromatic heterocycles. The van der Waals surface area contributed by atoms with Crippen LogP contribution in [0.3, 0.4) is 0 Å². The second kappa shape index (κ2) is 10.0. The van der Waals surface area contributed by atoms with Crippen LogP contribution in [0.1, 0.15) is 42.7 Å². The molecule has 0 bridgehead atoms. The number of rotatable bonds is 7. The Labute approximate surface area is 209 Å². The third-order valence-electron chi connectivity index (χ3n) is 6.52. The van der Waals surface area contributed by atoms with Crippen molar-refractivity contribution in [1.82, 2.24) is 0 Å². The van der Waals surface area contributed by atoms with Crippen LogP contribution in [0, 0.1) is 11.8 Å². The minimum Gasteiger partial charge on any atom is -0.497 e. The summed E-state index contributed by atoms with van der Waals surface area (Å²) in [7, 11) is 1.57. The first-order valence-electron chi connectivity index (χ1n) is 11.7. The van der Waals surface area contributed by atoms with Crippen molar-refractivity contribution in [2.75, 3.05) is 7.11 Å². The van der Waals surface area contributed by atoms with Crippen LogP contribution in [-0.2, 0) is 0 Å². The van der Waals surface area contributed by atoms with Crippen molar-refractivity contribution in [1.29, 1.82) is 0 Å². The van der Waals surface area contributed by atoms with E-state index in [-0.39, 0.29) is 5.78 Å². The third-order valence-corrected chi connectivity index (χ3v) is 6.52. The van der Waals surface area contributed by atoms with Crippen LogP contribution in [0.15, 0.2) is 109 Å². The first kappa shape index (κ1) is 23.2. The van der Waals surface area contributed by atoms with Gasteiger partial charge in [0.05, 0.1) is 24.5 Å². The minimum atomic E-state index is -1.28. The average Bonchev–Trinajstić information content (AvgIpc) is 2.95. The van der Waals surface area contributed by atoms with Crippen LogP contribution in [-0.4, -0.2) is 24.5 Å². The van der Waals surface area contributed by atoms with E-state index in [9.17, 15) is 14.4 Å². The van der Waals surface area contributed by atoms with Crippen LogP contribution in [0.5, 0.6) is 11.5 Å². The monoisotopic (exact) mass is 476 g/mol. The van der Waals surface area contributed by atoms with Crippen molar-refractivity contribution in [3.8, 4) is 11.5 Å². The number of hydrogen-bond donors (Lipinski definition) is 0. The largest absolute Gasteiger partial charge is 0.497 e. The van der Waals surface area contributed by atoms with E-state index in [4.69, 9.17) is 9.47 Å². The highest BCUT2D eigenvalue weighted by Crippen LogP contribution is 2.44. The van der Waals surface area contributed by atoms with E-state index in [0.29, 0.717) is 33.8 Å². The molecule has 178 valence electrons. The zero-order valence-electron chi connectivity index (χ0n) is 19.7. The predicted octanol–water partition coefficient (Wildman–Crippen LogP) is 6.01. The maximum absolute atomic E-state index is 14.0. The maximum Gasteiger partial charge on any atom is 0.174 e. The summed E-state index contributed by atoms with van der Waals surface area (Å²) in [5.41, 5.74) is 1.77. The van der Waals surface area contributed by atoms with Crippen LogP contribution in [0.2, 0.25) is 0 Å². The molecule has 1 aliphatic rings. The Hall–Kier alpha value is -4.51. The van der Waals surface area contributed by atoms with Crippen LogP contribution in [0.4, 0.5) is 0 Å². The van der Waals surface area contributed by atoms with Gasteiger partial charge in [0, 0.05) is 11.1 Å². The van der Waals surface area contributed by atoms with Gasteiger partial charge in [-0.15, -0.1) is 0 Å². The molecule has 2 unspecified atom stereocenters. The van der Waals surface area contributed by atoms with E-state index in [2.05, 4.69) is 0 Å². The molecule has 0 amide bonds. The van der Waals surface area contributed by atoms with Gasteiger partial charge in [0.25, 0.3) is 0 Å². The fraction of sp³-hybridized carbons (Fsp3) is 0.129. The Bertz CT molecular complexity index is 1340. The number of ether oxygens (including phenoxy) is 2. The Morgan fingerprint density at radius 2 is 1.25 bits per heavy atom. The average molecular weight is 477 g/mol. The molecule has 5 heteroatoms. The molecular weight excluding hydrogens is 452 g/mol. The summed E-state index contributed by atoms with van der Waals surface area (Å²) in [6.07, 6.45) is -0.844. The van der Waals surface area contributed by atoms with Crippen molar-refractivity contribution >= 4 is 17.3 Å². The van der Waals surface area contributed by atoms with E-state index in [1.54, 1.807) is 116 Å². The van der Waals surface area contributed by atoms with Crippen molar-refractivity contribution in [2.45, 2.75) is 6.10 Å². The third kappa shape index (κ3) is 4.31. The zero-order chi connectivity index (χ0) is 25.1. The lowest BCUT2D eigenvalue weighted by Gasteiger charge is -2.36. The molecule has 0 fully saturated rings. The number of ketones is 3. The number of para-hydroxylation sites is 1. The van der Waals surface area contributed by atoms with E-state index in [0.717, 1.165) is 0 Å². The smallest absolute Gasteiger partial charge is 0.174 e. The minimum absolute atomic E-state index is 0.295. The number of carbonyl (C=O) groups excluding carboxylic acids is 3. The lowest BCUT2D eigenvalue weighted by atomic mass is 9.71. The number of benzene rings is 4. The summed E-state index contributed by atoms with van der Waals surface area (Å²) >= 11 is 0. The van der Waals surface area contributed by atoms with Gasteiger partial charge in [0.1, 0.15) is 17.6 Å². The van der Waals surface area contributed by atoms with Crippen LogP contribution in [0.25, 0.3) is 0 Å². The summed E-state index contributed by atoms with van der Waals surface area (Å²) in [5.74, 6) is -2.38. The predicted molar refractivity (Wildman–Crippen MR) is 136 cm³/mol. The number of carbonyl (C=O) groups is 3. The van der Waals surface area contributed by atoms with Gasteiger partial charge in [0.2, 0.25) is 0 Å². The van der Waals surface area contributed by atoms with Gasteiger partial charge in [0.15, 0.2) is 17.3 Å². The molecule has 0 N–H and O–H groups in total. The summed E-state index contributed by atoms with van der Waals surface area (Å²) in [6.45, 7) is 0. The topological polar surface area (TPSA) is 69.7 Å². The van der Waals surface area contributed by atoms with Gasteiger partial charge in [-0.25, -0.2) is 0 Å². The SMILES string of the molecule is COc1ccc(C2Oc3ccccc3C(=O)C2C(C(=O)c2ccccc2)C(=O)c2ccccc2)cc1. The first-order valence-corrected chi connectivity index (χ1v) is 11.7. The molecule has 1 aliphatic heterocycles. The van der Waals surface area contributed by atoms with Crippen molar-refractivity contribution < 1.29 is 23.9 Å². The van der Waals surface area contributed by atoms with Gasteiger partial charge >= 0.3 is 0 Å². The lowest BCUT2D eigenvalue weighted by molar-refractivity contribution is 0.0428. The Kier molecular flexibility index (Phi) is 6.46. The standard InChI is InChI=1S/C31H24O5/c1-35-23-18-16-22(17-19-23)31-27(30(34)24-14-8-9-15-25(24)36-31)26(28(32)20-10-4-2-5-11-20)29(33)21-12-6-3-7-13-21/h2-19,26-27,31H,1H3. The fourth-order valence-electron chi connectivity index (χ4n) is 4.70. The molecule has 0 radical (unpaired) electrons. The highest BCUT2D eigenvalue weighted by molar-refractivity contribution is 6.20. The molecule has 0 spiro atoms. The number of methoxy groups -OCH3 is 1. The Morgan fingerprint density at radius 1 is 0.722 bits per heavy atom. The van der Waals surface area contributed by atoms with E-state index in [1.807, 2.05) is 0 Å². The molecular formula is C31H24O5. The lowest BCUT2D eigenvalue weighted by Crippen LogP contribution is -2.43. The van der Waals surface area contributed by atoms with Gasteiger partial charge in [-0.05, 0) is 29.8 Å². The van der Waals surface area contributed by atoms with Crippen LogP contribution < -0.4 is 9.47 Å². The van der Waals surface area contributed by atoms with Gasteiger partial charge in [-0.3, -0.25) is 14.4 Å². The highest BCUT2D eigenvalue weighted by Gasteiger charge is 2.48. The number of hydrogen-bond acceptors (Lipinski definition) is 5. The van der Waals surface area contributed by atoms with Crippen molar-refractivity contribution in [3.63, 3.8) is 0 Å². The molecule has 4 aromatic rings. The summed E-state index contributed by atoms with van der Waals surface area (Å²) in [5, 5.41) is 0. The Balaban J connectivity index is 1.68. The first-order chi connectivity index (χ1) is 17.6. The summed E-state index contributed by atoms with van der Waals surface area (Å²) in [6, 6.07) is 31.3. The van der Waals surface area contributed by atoms with E-state index < -0.39 is 29.5 Å². The number of fused-ring (bicyclic) bond motifs is 1. The van der Waals surface area contributed by atoms with E-state index >= 15 is 0 Å². The van der Waals surface area contributed by atoms with Crippen molar-refractivity contribution in [2.24, 2.45) is 11.8 Å². The van der Waals surface area contributed by atoms with Gasteiger partial charge < -0.3 is 9.47 Å². The summed E-state index contributed by atoms with van der Waals surface area (Å²) < 4.78 is 11.6. The highest BCUT2D eigenvalue weighted by atomic mass is 16.5. The molecule has 36 heavy (non-hydrogen) atoms. The Morgan fingerprint density at radius 3 is 1.81 bits per heavy atom.